The van der Waals surface area contributed by atoms with Crippen molar-refractivity contribution in [3.05, 3.63) is 35.4 Å². The molecule has 6 heteroatoms. The number of aliphatic hydroxyl groups excluding tert-OH is 1. The molecular weight excluding hydrogens is 246 g/mol. The molecule has 0 fully saturated rings. The van der Waals surface area contributed by atoms with Crippen molar-refractivity contribution in [3.8, 4) is 0 Å². The van der Waals surface area contributed by atoms with Crippen LogP contribution < -0.4 is 5.73 Å². The average molecular weight is 259 g/mol. The standard InChI is InChI=1S/C10H13NO3S2/c11-10(15)9-3-1-2-8(6-9)7-16(13,14)5-4-12/h1-3,6,12H,4-5,7H2,(H2,11,15). The van der Waals surface area contributed by atoms with Crippen LogP contribution in [0.15, 0.2) is 24.3 Å². The first-order valence-electron chi connectivity index (χ1n) is 4.64. The number of hydrogen-bond acceptors (Lipinski definition) is 4. The van der Waals surface area contributed by atoms with Gasteiger partial charge in [0.25, 0.3) is 0 Å². The zero-order chi connectivity index (χ0) is 12.2. The number of hydrogen-bond donors (Lipinski definition) is 2. The van der Waals surface area contributed by atoms with Crippen LogP contribution in [0.5, 0.6) is 0 Å². The first-order chi connectivity index (χ1) is 7.44. The zero-order valence-corrected chi connectivity index (χ0v) is 10.2. The Kier molecular flexibility index (Phi) is 4.40. The summed E-state index contributed by atoms with van der Waals surface area (Å²) in [5, 5.41) is 8.60. The van der Waals surface area contributed by atoms with Crippen LogP contribution in [0.2, 0.25) is 0 Å². The van der Waals surface area contributed by atoms with Crippen LogP contribution >= 0.6 is 12.2 Å². The predicted molar refractivity (Wildman–Crippen MR) is 66.9 cm³/mol. The van der Waals surface area contributed by atoms with E-state index in [0.29, 0.717) is 11.1 Å². The minimum atomic E-state index is -3.26. The van der Waals surface area contributed by atoms with E-state index in [1.165, 1.54) is 0 Å². The van der Waals surface area contributed by atoms with Gasteiger partial charge in [-0.05, 0) is 11.6 Å². The molecule has 0 heterocycles. The first-order valence-corrected chi connectivity index (χ1v) is 6.87. The van der Waals surface area contributed by atoms with E-state index in [-0.39, 0.29) is 23.1 Å². The second-order valence-electron chi connectivity index (χ2n) is 3.38. The van der Waals surface area contributed by atoms with E-state index in [9.17, 15) is 8.42 Å². The van der Waals surface area contributed by atoms with Gasteiger partial charge in [-0.15, -0.1) is 0 Å². The summed E-state index contributed by atoms with van der Waals surface area (Å²) < 4.78 is 22.9. The molecule has 0 spiro atoms. The van der Waals surface area contributed by atoms with Gasteiger partial charge < -0.3 is 10.8 Å². The van der Waals surface area contributed by atoms with Gasteiger partial charge in [0.1, 0.15) is 4.99 Å². The van der Waals surface area contributed by atoms with Crippen molar-refractivity contribution in [3.63, 3.8) is 0 Å². The van der Waals surface area contributed by atoms with Crippen molar-refractivity contribution in [2.75, 3.05) is 12.4 Å². The molecule has 0 unspecified atom stereocenters. The maximum atomic E-state index is 11.5. The lowest BCUT2D eigenvalue weighted by Crippen LogP contribution is -2.13. The van der Waals surface area contributed by atoms with Gasteiger partial charge >= 0.3 is 0 Å². The molecule has 0 aliphatic rings. The summed E-state index contributed by atoms with van der Waals surface area (Å²) >= 11 is 4.80. The summed E-state index contributed by atoms with van der Waals surface area (Å²) in [5.74, 6) is -0.339. The number of aliphatic hydroxyl groups is 1. The minimum absolute atomic E-state index is 0.107. The molecule has 0 bridgehead atoms. The fourth-order valence-electron chi connectivity index (χ4n) is 1.28. The number of benzene rings is 1. The van der Waals surface area contributed by atoms with Crippen LogP contribution in [0.4, 0.5) is 0 Å². The van der Waals surface area contributed by atoms with Crippen molar-refractivity contribution in [2.24, 2.45) is 5.73 Å². The molecule has 0 atom stereocenters. The first kappa shape index (κ1) is 13.1. The van der Waals surface area contributed by atoms with E-state index >= 15 is 0 Å². The second-order valence-corrected chi connectivity index (χ2v) is 6.00. The van der Waals surface area contributed by atoms with Gasteiger partial charge in [0.15, 0.2) is 9.84 Å². The molecule has 16 heavy (non-hydrogen) atoms. The third kappa shape index (κ3) is 3.88. The Labute approximate surface area is 100 Å². The highest BCUT2D eigenvalue weighted by atomic mass is 32.2. The lowest BCUT2D eigenvalue weighted by atomic mass is 10.1. The van der Waals surface area contributed by atoms with Gasteiger partial charge in [-0.25, -0.2) is 8.42 Å². The monoisotopic (exact) mass is 259 g/mol. The average Bonchev–Trinajstić information content (AvgIpc) is 2.17. The summed E-state index contributed by atoms with van der Waals surface area (Å²) in [5.41, 5.74) is 6.72. The third-order valence-corrected chi connectivity index (χ3v) is 3.81. The topological polar surface area (TPSA) is 80.4 Å². The van der Waals surface area contributed by atoms with E-state index in [4.69, 9.17) is 23.1 Å². The molecule has 0 aliphatic heterocycles. The third-order valence-electron chi connectivity index (χ3n) is 2.00. The van der Waals surface area contributed by atoms with Crippen molar-refractivity contribution in [2.45, 2.75) is 5.75 Å². The molecule has 0 aromatic heterocycles. The van der Waals surface area contributed by atoms with Crippen LogP contribution in [0.1, 0.15) is 11.1 Å². The molecule has 0 amide bonds. The van der Waals surface area contributed by atoms with Crippen molar-refractivity contribution in [1.29, 1.82) is 0 Å². The van der Waals surface area contributed by atoms with Gasteiger partial charge in [-0.1, -0.05) is 30.4 Å². The van der Waals surface area contributed by atoms with Gasteiger partial charge in [0.05, 0.1) is 18.1 Å². The van der Waals surface area contributed by atoms with E-state index in [1.807, 2.05) is 0 Å². The quantitative estimate of drug-likeness (QED) is 0.740. The molecule has 4 nitrogen and oxygen atoms in total. The Morgan fingerprint density at radius 1 is 1.44 bits per heavy atom. The molecular formula is C10H13NO3S2. The van der Waals surface area contributed by atoms with Crippen LogP contribution in [0, 0.1) is 0 Å². The van der Waals surface area contributed by atoms with Gasteiger partial charge in [0, 0.05) is 5.56 Å². The van der Waals surface area contributed by atoms with Gasteiger partial charge in [-0.3, -0.25) is 0 Å². The molecule has 88 valence electrons. The number of nitrogens with two attached hydrogens (primary N) is 1. The molecule has 1 rings (SSSR count). The zero-order valence-electron chi connectivity index (χ0n) is 8.59. The van der Waals surface area contributed by atoms with Crippen molar-refractivity contribution in [1.82, 2.24) is 0 Å². The maximum absolute atomic E-state index is 11.5. The van der Waals surface area contributed by atoms with Crippen LogP contribution in [-0.2, 0) is 15.6 Å². The van der Waals surface area contributed by atoms with Crippen LogP contribution in [-0.4, -0.2) is 30.9 Å². The predicted octanol–water partition coefficient (Wildman–Crippen LogP) is 0.228. The molecule has 3 N–H and O–H groups in total. The largest absolute Gasteiger partial charge is 0.395 e. The SMILES string of the molecule is NC(=S)c1cccc(CS(=O)(=O)CCO)c1. The van der Waals surface area contributed by atoms with E-state index < -0.39 is 9.84 Å². The summed E-state index contributed by atoms with van der Waals surface area (Å²) in [7, 11) is -3.26. The Hall–Kier alpha value is -0.980. The lowest BCUT2D eigenvalue weighted by molar-refractivity contribution is 0.319. The maximum Gasteiger partial charge on any atom is 0.156 e. The van der Waals surface area contributed by atoms with Gasteiger partial charge in [-0.2, -0.15) is 0 Å². The Morgan fingerprint density at radius 3 is 2.69 bits per heavy atom. The fourth-order valence-corrected chi connectivity index (χ4v) is 2.52. The summed E-state index contributed by atoms with van der Waals surface area (Å²) in [4.78, 5) is 0.237. The molecule has 1 aromatic rings. The molecule has 0 aliphatic carbocycles. The summed E-state index contributed by atoms with van der Waals surface area (Å²) in [6.07, 6.45) is 0. The van der Waals surface area contributed by atoms with Crippen LogP contribution in [0.25, 0.3) is 0 Å². The summed E-state index contributed by atoms with van der Waals surface area (Å²) in [6.45, 7) is -0.364. The lowest BCUT2D eigenvalue weighted by Gasteiger charge is -2.04. The molecule has 0 saturated heterocycles. The minimum Gasteiger partial charge on any atom is -0.395 e. The Morgan fingerprint density at radius 2 is 2.12 bits per heavy atom. The molecule has 1 aromatic carbocycles. The second kappa shape index (κ2) is 5.38. The Bertz CT molecular complexity index is 483. The van der Waals surface area contributed by atoms with E-state index in [0.717, 1.165) is 0 Å². The highest BCUT2D eigenvalue weighted by molar-refractivity contribution is 7.90. The van der Waals surface area contributed by atoms with E-state index in [1.54, 1.807) is 24.3 Å². The normalized spacial score (nSPS) is 11.3. The highest BCUT2D eigenvalue weighted by Gasteiger charge is 2.11. The highest BCUT2D eigenvalue weighted by Crippen LogP contribution is 2.09. The number of thiocarbonyl (C=S) groups is 1. The van der Waals surface area contributed by atoms with Gasteiger partial charge in [0.2, 0.25) is 0 Å². The molecule has 0 radical (unpaired) electrons. The Balaban J connectivity index is 2.90. The number of sulfone groups is 1. The van der Waals surface area contributed by atoms with Crippen LogP contribution in [0.3, 0.4) is 0 Å². The fraction of sp³-hybridized carbons (Fsp3) is 0.300. The van der Waals surface area contributed by atoms with E-state index in [2.05, 4.69) is 0 Å². The number of rotatable bonds is 5. The van der Waals surface area contributed by atoms with Crippen molar-refractivity contribution < 1.29 is 13.5 Å². The summed E-state index contributed by atoms with van der Waals surface area (Å²) in [6, 6.07) is 6.77. The molecule has 0 saturated carbocycles. The van der Waals surface area contributed by atoms with Crippen molar-refractivity contribution >= 4 is 27.0 Å². The smallest absolute Gasteiger partial charge is 0.156 e.